The van der Waals surface area contributed by atoms with E-state index < -0.39 is 0 Å². The van der Waals surface area contributed by atoms with Crippen LogP contribution in [-0.4, -0.2) is 0 Å². The topological polar surface area (TPSA) is 6.48 Å². The van der Waals surface area contributed by atoms with Gasteiger partial charge in [0.15, 0.2) is 0 Å². The number of nitrogens with zero attached hydrogens (tertiary/aromatic N) is 2. The minimum Gasteiger partial charge on any atom is -0.310 e. The molecule has 0 saturated heterocycles. The molecule has 266 valence electrons. The molecular formula is C54H40N2. The van der Waals surface area contributed by atoms with Crippen molar-refractivity contribution in [3.05, 3.63) is 217 Å². The van der Waals surface area contributed by atoms with Crippen molar-refractivity contribution >= 4 is 77.2 Å². The Morgan fingerprint density at radius 2 is 0.625 bits per heavy atom. The largest absolute Gasteiger partial charge is 0.310 e. The van der Waals surface area contributed by atoms with Crippen molar-refractivity contribution in [2.24, 2.45) is 0 Å². The van der Waals surface area contributed by atoms with Gasteiger partial charge in [-0.15, -0.1) is 0 Å². The zero-order valence-electron chi connectivity index (χ0n) is 31.5. The van der Waals surface area contributed by atoms with E-state index in [4.69, 9.17) is 0 Å². The van der Waals surface area contributed by atoms with Crippen molar-refractivity contribution in [3.8, 4) is 11.1 Å². The van der Waals surface area contributed by atoms with E-state index in [1.807, 2.05) is 0 Å². The molecule has 0 atom stereocenters. The van der Waals surface area contributed by atoms with Crippen molar-refractivity contribution in [3.63, 3.8) is 0 Å². The summed E-state index contributed by atoms with van der Waals surface area (Å²) in [5, 5.41) is 9.90. The Balaban J connectivity index is 1.04. The number of hydrogen-bond donors (Lipinski definition) is 0. The molecule has 0 saturated carbocycles. The van der Waals surface area contributed by atoms with Gasteiger partial charge < -0.3 is 9.80 Å². The van der Waals surface area contributed by atoms with E-state index in [1.54, 1.807) is 0 Å². The monoisotopic (exact) mass is 716 g/mol. The summed E-state index contributed by atoms with van der Waals surface area (Å²) in [4.78, 5) is 4.79. The number of anilines is 6. The third-order valence-electron chi connectivity index (χ3n) is 11.0. The predicted octanol–water partition coefficient (Wildman–Crippen LogP) is 15.5. The highest BCUT2D eigenvalue weighted by atomic mass is 15.1. The molecule has 0 bridgehead atoms. The summed E-state index contributed by atoms with van der Waals surface area (Å²) in [6.07, 6.45) is 0. The average Bonchev–Trinajstić information content (AvgIpc) is 3.23. The number of fused-ring (bicyclic) bond motifs is 4. The first-order valence-corrected chi connectivity index (χ1v) is 19.3. The van der Waals surface area contributed by atoms with Gasteiger partial charge in [-0.1, -0.05) is 121 Å². The maximum absolute atomic E-state index is 2.39. The highest BCUT2D eigenvalue weighted by molar-refractivity contribution is 6.07. The van der Waals surface area contributed by atoms with Gasteiger partial charge in [0.2, 0.25) is 0 Å². The van der Waals surface area contributed by atoms with Crippen molar-refractivity contribution in [2.45, 2.75) is 13.8 Å². The van der Waals surface area contributed by atoms with Gasteiger partial charge in [0.25, 0.3) is 0 Å². The summed E-state index contributed by atoms with van der Waals surface area (Å²) in [7, 11) is 0. The molecule has 56 heavy (non-hydrogen) atoms. The average molecular weight is 717 g/mol. The molecule has 0 unspecified atom stereocenters. The number of rotatable bonds is 7. The predicted molar refractivity (Wildman–Crippen MR) is 241 cm³/mol. The molecular weight excluding hydrogens is 677 g/mol. The van der Waals surface area contributed by atoms with Crippen LogP contribution < -0.4 is 9.80 Å². The fourth-order valence-corrected chi connectivity index (χ4v) is 8.29. The fourth-order valence-electron chi connectivity index (χ4n) is 8.29. The standard InChI is InChI=1S/C54H40N2/c1-37-11-7-19-49(31-37)55(53-21-9-17-45-33-41-13-3-5-15-43(41)35-51(45)53)47-27-23-39(24-28-47)40-25-29-48(30-26-40)56(50-20-8-12-38(2)32-50)54-22-10-18-46-34-42-14-4-6-16-44(42)36-52(46)54/h3-36H,1-2H3. The van der Waals surface area contributed by atoms with Gasteiger partial charge >= 0.3 is 0 Å². The third-order valence-corrected chi connectivity index (χ3v) is 11.0. The Bertz CT molecular complexity index is 2840. The maximum atomic E-state index is 2.39. The van der Waals surface area contributed by atoms with Crippen LogP contribution in [0.1, 0.15) is 11.1 Å². The van der Waals surface area contributed by atoms with Crippen LogP contribution in [0.2, 0.25) is 0 Å². The third kappa shape index (κ3) is 6.12. The van der Waals surface area contributed by atoms with Gasteiger partial charge in [-0.05, 0) is 153 Å². The zero-order valence-corrected chi connectivity index (χ0v) is 31.5. The van der Waals surface area contributed by atoms with Crippen LogP contribution >= 0.6 is 0 Å². The second-order valence-corrected chi connectivity index (χ2v) is 14.8. The number of benzene rings is 10. The van der Waals surface area contributed by atoms with Crippen LogP contribution in [0.3, 0.4) is 0 Å². The van der Waals surface area contributed by atoms with E-state index in [0.29, 0.717) is 0 Å². The molecule has 0 spiro atoms. The van der Waals surface area contributed by atoms with Crippen molar-refractivity contribution in [1.29, 1.82) is 0 Å². The first-order chi connectivity index (χ1) is 27.6. The van der Waals surface area contributed by atoms with Gasteiger partial charge in [-0.3, -0.25) is 0 Å². The van der Waals surface area contributed by atoms with Crippen LogP contribution in [0.5, 0.6) is 0 Å². The molecule has 0 aromatic heterocycles. The van der Waals surface area contributed by atoms with Gasteiger partial charge in [0.05, 0.1) is 11.4 Å². The summed E-state index contributed by atoms with van der Waals surface area (Å²) >= 11 is 0. The van der Waals surface area contributed by atoms with E-state index >= 15 is 0 Å². The first-order valence-electron chi connectivity index (χ1n) is 19.3. The number of aryl methyl sites for hydroxylation is 2. The highest BCUT2D eigenvalue weighted by Crippen LogP contribution is 2.43. The van der Waals surface area contributed by atoms with Crippen LogP contribution in [-0.2, 0) is 0 Å². The maximum Gasteiger partial charge on any atom is 0.0540 e. The molecule has 0 radical (unpaired) electrons. The molecule has 0 amide bonds. The lowest BCUT2D eigenvalue weighted by Crippen LogP contribution is -2.11. The smallest absolute Gasteiger partial charge is 0.0540 e. The van der Waals surface area contributed by atoms with Gasteiger partial charge in [0.1, 0.15) is 0 Å². The van der Waals surface area contributed by atoms with E-state index in [0.717, 1.165) is 34.1 Å². The summed E-state index contributed by atoms with van der Waals surface area (Å²) < 4.78 is 0. The van der Waals surface area contributed by atoms with Crippen LogP contribution in [0.25, 0.3) is 54.2 Å². The molecule has 0 N–H and O–H groups in total. The summed E-state index contributed by atoms with van der Waals surface area (Å²) in [6, 6.07) is 75.4. The highest BCUT2D eigenvalue weighted by Gasteiger charge is 2.18. The molecule has 0 aliphatic heterocycles. The summed E-state index contributed by atoms with van der Waals surface area (Å²) in [5.74, 6) is 0. The Morgan fingerprint density at radius 3 is 1.02 bits per heavy atom. The minimum atomic E-state index is 1.12. The first kappa shape index (κ1) is 33.4. The Morgan fingerprint density at radius 1 is 0.268 bits per heavy atom. The van der Waals surface area contributed by atoms with Crippen molar-refractivity contribution in [2.75, 3.05) is 9.80 Å². The lowest BCUT2D eigenvalue weighted by molar-refractivity contribution is 1.28. The molecule has 0 aliphatic carbocycles. The van der Waals surface area contributed by atoms with Gasteiger partial charge in [-0.25, -0.2) is 0 Å². The van der Waals surface area contributed by atoms with Crippen molar-refractivity contribution in [1.82, 2.24) is 0 Å². The lowest BCUT2D eigenvalue weighted by Gasteiger charge is -2.28. The van der Waals surface area contributed by atoms with Crippen LogP contribution in [0.4, 0.5) is 34.1 Å². The molecule has 2 nitrogen and oxygen atoms in total. The van der Waals surface area contributed by atoms with Gasteiger partial charge in [0, 0.05) is 33.5 Å². The second-order valence-electron chi connectivity index (χ2n) is 14.8. The second kappa shape index (κ2) is 13.9. The normalized spacial score (nSPS) is 11.4. The lowest BCUT2D eigenvalue weighted by atomic mass is 10.00. The van der Waals surface area contributed by atoms with Crippen LogP contribution in [0.15, 0.2) is 206 Å². The fraction of sp³-hybridized carbons (Fsp3) is 0.0370. The summed E-state index contributed by atoms with van der Waals surface area (Å²) in [5.41, 5.74) is 11.6. The quantitative estimate of drug-likeness (QED) is 0.152. The number of hydrogen-bond acceptors (Lipinski definition) is 2. The SMILES string of the molecule is Cc1cccc(N(c2ccc(-c3ccc(N(c4cccc(C)c4)c4cccc5cc6ccccc6cc45)cc3)cc2)c2cccc3cc4ccccc4cc23)c1. The molecule has 0 fully saturated rings. The molecule has 10 aromatic carbocycles. The van der Waals surface area contributed by atoms with E-state index in [9.17, 15) is 0 Å². The van der Waals surface area contributed by atoms with E-state index in [2.05, 4.69) is 230 Å². The molecule has 0 aliphatic rings. The van der Waals surface area contributed by atoms with Crippen LogP contribution in [0, 0.1) is 13.8 Å². The summed E-state index contributed by atoms with van der Waals surface area (Å²) in [6.45, 7) is 4.32. The van der Waals surface area contributed by atoms with E-state index in [1.165, 1.54) is 65.3 Å². The van der Waals surface area contributed by atoms with E-state index in [-0.39, 0.29) is 0 Å². The molecule has 10 rings (SSSR count). The molecule has 2 heteroatoms. The Labute approximate surface area is 328 Å². The zero-order chi connectivity index (χ0) is 37.6. The molecule has 0 heterocycles. The molecule has 10 aromatic rings. The Hall–Kier alpha value is -7.16. The van der Waals surface area contributed by atoms with Gasteiger partial charge in [-0.2, -0.15) is 0 Å². The van der Waals surface area contributed by atoms with Crippen molar-refractivity contribution < 1.29 is 0 Å². The Kier molecular flexibility index (Phi) is 8.30. The minimum absolute atomic E-state index is 1.12.